The van der Waals surface area contributed by atoms with Gasteiger partial charge in [0.15, 0.2) is 0 Å². The van der Waals surface area contributed by atoms with Crippen LogP contribution < -0.4 is 5.32 Å². The van der Waals surface area contributed by atoms with Crippen molar-refractivity contribution in [1.82, 2.24) is 0 Å². The van der Waals surface area contributed by atoms with Crippen molar-refractivity contribution in [2.24, 2.45) is 0 Å². The number of benzene rings is 3. The summed E-state index contributed by atoms with van der Waals surface area (Å²) in [6, 6.07) is 26.3. The topological polar surface area (TPSA) is 49.3 Å². The molecule has 3 aromatic carbocycles. The number of amides is 1. The van der Waals surface area contributed by atoms with Crippen molar-refractivity contribution in [2.45, 2.75) is 12.5 Å². The van der Waals surface area contributed by atoms with E-state index < -0.39 is 5.60 Å². The second-order valence-corrected chi connectivity index (χ2v) is 5.67. The quantitative estimate of drug-likeness (QED) is 0.716. The van der Waals surface area contributed by atoms with Crippen LogP contribution in [0.4, 0.5) is 5.69 Å². The Morgan fingerprint density at radius 1 is 0.792 bits per heavy atom. The molecule has 0 fully saturated rings. The number of hydrogen-bond acceptors (Lipinski definition) is 2. The van der Waals surface area contributed by atoms with Gasteiger partial charge in [-0.15, -0.1) is 0 Å². The molecule has 0 atom stereocenters. The lowest BCUT2D eigenvalue weighted by Gasteiger charge is -2.31. The van der Waals surface area contributed by atoms with Crippen LogP contribution in [0.15, 0.2) is 84.9 Å². The van der Waals surface area contributed by atoms with Crippen LogP contribution in [0.1, 0.15) is 23.6 Å². The van der Waals surface area contributed by atoms with Gasteiger partial charge in [0.05, 0.1) is 0 Å². The summed E-state index contributed by atoms with van der Waals surface area (Å²) in [5.74, 6) is -0.175. The third-order valence-electron chi connectivity index (χ3n) is 4.01. The van der Waals surface area contributed by atoms with Crippen LogP contribution in [-0.4, -0.2) is 11.0 Å². The molecule has 0 aromatic heterocycles. The van der Waals surface area contributed by atoms with Gasteiger partial charge in [0.1, 0.15) is 5.60 Å². The first-order valence-electron chi connectivity index (χ1n) is 7.83. The molecule has 120 valence electrons. The summed E-state index contributed by atoms with van der Waals surface area (Å²) in [5, 5.41) is 14.6. The Labute approximate surface area is 141 Å². The largest absolute Gasteiger partial charge is 0.376 e. The van der Waals surface area contributed by atoms with Crippen LogP contribution in [0.3, 0.4) is 0 Å². The highest BCUT2D eigenvalue weighted by Crippen LogP contribution is 2.39. The van der Waals surface area contributed by atoms with Crippen molar-refractivity contribution in [3.63, 3.8) is 0 Å². The number of hydrogen-bond donors (Lipinski definition) is 2. The maximum Gasteiger partial charge on any atom is 0.221 e. The Kier molecular flexibility index (Phi) is 4.45. The molecule has 0 saturated carbocycles. The molecule has 2 N–H and O–H groups in total. The van der Waals surface area contributed by atoms with Crippen LogP contribution in [0, 0.1) is 0 Å². The predicted octanol–water partition coefficient (Wildman–Crippen LogP) is 3.93. The molecule has 0 bridgehead atoms. The second kappa shape index (κ2) is 6.69. The van der Waals surface area contributed by atoms with Gasteiger partial charge in [-0.25, -0.2) is 0 Å². The average molecular weight is 317 g/mol. The summed E-state index contributed by atoms with van der Waals surface area (Å²) >= 11 is 0. The maximum absolute atomic E-state index is 11.8. The van der Waals surface area contributed by atoms with Crippen LogP contribution in [0.25, 0.3) is 0 Å². The average Bonchev–Trinajstić information content (AvgIpc) is 2.62. The standard InChI is InChI=1S/C21H19NO2/c1-16(23)22-20-15-9-8-14-19(20)21(24,17-10-4-2-5-11-17)18-12-6-3-7-13-18/h2-15,24H,1H3,(H,22,23). The Morgan fingerprint density at radius 2 is 1.25 bits per heavy atom. The summed E-state index contributed by atoms with van der Waals surface area (Å²) in [4.78, 5) is 11.6. The number of rotatable bonds is 4. The summed E-state index contributed by atoms with van der Waals surface area (Å²) in [6.45, 7) is 1.46. The third-order valence-corrected chi connectivity index (χ3v) is 4.01. The molecule has 24 heavy (non-hydrogen) atoms. The van der Waals surface area contributed by atoms with Gasteiger partial charge in [0.2, 0.25) is 5.91 Å². The van der Waals surface area contributed by atoms with E-state index in [9.17, 15) is 9.90 Å². The Balaban J connectivity index is 2.26. The zero-order chi connectivity index (χ0) is 17.0. The summed E-state index contributed by atoms with van der Waals surface area (Å²) in [5.41, 5.74) is 1.36. The van der Waals surface area contributed by atoms with Crippen molar-refractivity contribution in [1.29, 1.82) is 0 Å². The van der Waals surface area contributed by atoms with Crippen LogP contribution in [0.2, 0.25) is 0 Å². The lowest BCUT2D eigenvalue weighted by molar-refractivity contribution is -0.114. The monoisotopic (exact) mass is 317 g/mol. The minimum atomic E-state index is -1.36. The zero-order valence-electron chi connectivity index (χ0n) is 13.4. The molecule has 3 aromatic rings. The van der Waals surface area contributed by atoms with Crippen molar-refractivity contribution in [3.8, 4) is 0 Å². The first-order valence-corrected chi connectivity index (χ1v) is 7.83. The highest BCUT2D eigenvalue weighted by molar-refractivity contribution is 5.90. The molecule has 3 nitrogen and oxygen atoms in total. The van der Waals surface area contributed by atoms with Crippen LogP contribution in [-0.2, 0) is 10.4 Å². The summed E-state index contributed by atoms with van der Waals surface area (Å²) in [7, 11) is 0. The fraction of sp³-hybridized carbons (Fsp3) is 0.0952. The van der Waals surface area contributed by atoms with Crippen molar-refractivity contribution >= 4 is 11.6 Å². The molecular weight excluding hydrogens is 298 g/mol. The van der Waals surface area contributed by atoms with E-state index >= 15 is 0 Å². The number of nitrogens with one attached hydrogen (secondary N) is 1. The fourth-order valence-corrected chi connectivity index (χ4v) is 2.93. The van der Waals surface area contributed by atoms with Crippen molar-refractivity contribution in [2.75, 3.05) is 5.32 Å². The molecule has 1 amide bonds. The molecule has 0 spiro atoms. The number of aliphatic hydroxyl groups is 1. The van der Waals surface area contributed by atoms with Gasteiger partial charge in [-0.3, -0.25) is 4.79 Å². The number of carbonyl (C=O) groups excluding carboxylic acids is 1. The third kappa shape index (κ3) is 2.94. The number of anilines is 1. The van der Waals surface area contributed by atoms with E-state index in [1.807, 2.05) is 78.9 Å². The highest BCUT2D eigenvalue weighted by Gasteiger charge is 2.35. The van der Waals surface area contributed by atoms with Crippen LogP contribution in [0.5, 0.6) is 0 Å². The molecule has 0 aliphatic rings. The van der Waals surface area contributed by atoms with Gasteiger partial charge in [-0.1, -0.05) is 78.9 Å². The Bertz CT molecular complexity index is 789. The molecule has 0 aliphatic heterocycles. The Hall–Kier alpha value is -2.91. The van der Waals surface area contributed by atoms with Crippen LogP contribution >= 0.6 is 0 Å². The van der Waals surface area contributed by atoms with Crippen molar-refractivity contribution in [3.05, 3.63) is 102 Å². The van der Waals surface area contributed by atoms with Gasteiger partial charge in [-0.2, -0.15) is 0 Å². The first kappa shape index (κ1) is 16.0. The molecular formula is C21H19NO2. The van der Waals surface area contributed by atoms with Gasteiger partial charge in [0, 0.05) is 18.2 Å². The predicted molar refractivity (Wildman–Crippen MR) is 95.7 cm³/mol. The molecule has 3 heteroatoms. The first-order chi connectivity index (χ1) is 11.6. The minimum Gasteiger partial charge on any atom is -0.376 e. The molecule has 3 rings (SSSR count). The second-order valence-electron chi connectivity index (χ2n) is 5.67. The van der Waals surface area contributed by atoms with Gasteiger partial charge >= 0.3 is 0 Å². The molecule has 0 heterocycles. The fourth-order valence-electron chi connectivity index (χ4n) is 2.93. The number of para-hydroxylation sites is 1. The van der Waals surface area contributed by atoms with E-state index in [0.29, 0.717) is 11.3 Å². The van der Waals surface area contributed by atoms with E-state index in [2.05, 4.69) is 5.32 Å². The molecule has 0 saturated heterocycles. The van der Waals surface area contributed by atoms with E-state index in [1.165, 1.54) is 6.92 Å². The highest BCUT2D eigenvalue weighted by atomic mass is 16.3. The maximum atomic E-state index is 11.8. The minimum absolute atomic E-state index is 0.175. The van der Waals surface area contributed by atoms with E-state index in [4.69, 9.17) is 0 Å². The SMILES string of the molecule is CC(=O)Nc1ccccc1C(O)(c1ccccc1)c1ccccc1. The molecule has 0 radical (unpaired) electrons. The van der Waals surface area contributed by atoms with Crippen molar-refractivity contribution < 1.29 is 9.90 Å². The normalized spacial score (nSPS) is 11.1. The van der Waals surface area contributed by atoms with Gasteiger partial charge < -0.3 is 10.4 Å². The van der Waals surface area contributed by atoms with E-state index in [-0.39, 0.29) is 5.91 Å². The molecule has 0 unspecified atom stereocenters. The van der Waals surface area contributed by atoms with Gasteiger partial charge in [0.25, 0.3) is 0 Å². The lowest BCUT2D eigenvalue weighted by Crippen LogP contribution is -2.30. The number of carbonyl (C=O) groups is 1. The lowest BCUT2D eigenvalue weighted by atomic mass is 9.79. The molecule has 0 aliphatic carbocycles. The Morgan fingerprint density at radius 3 is 1.75 bits per heavy atom. The zero-order valence-corrected chi connectivity index (χ0v) is 13.4. The summed E-state index contributed by atoms with van der Waals surface area (Å²) < 4.78 is 0. The smallest absolute Gasteiger partial charge is 0.221 e. The van der Waals surface area contributed by atoms with E-state index in [1.54, 1.807) is 6.07 Å². The summed E-state index contributed by atoms with van der Waals surface area (Å²) in [6.07, 6.45) is 0. The van der Waals surface area contributed by atoms with E-state index in [0.717, 1.165) is 11.1 Å². The van der Waals surface area contributed by atoms with Gasteiger partial charge in [-0.05, 0) is 17.2 Å².